The first-order valence-corrected chi connectivity index (χ1v) is 9.29. The third-order valence-electron chi connectivity index (χ3n) is 4.22. The molecule has 0 bridgehead atoms. The summed E-state index contributed by atoms with van der Waals surface area (Å²) in [6, 6.07) is 2.18. The Morgan fingerprint density at radius 3 is 2.80 bits per heavy atom. The second-order valence-corrected chi connectivity index (χ2v) is 8.15. The van der Waals surface area contributed by atoms with E-state index in [1.807, 2.05) is 19.3 Å². The first-order chi connectivity index (χ1) is 9.41. The van der Waals surface area contributed by atoms with E-state index in [-0.39, 0.29) is 11.3 Å². The van der Waals surface area contributed by atoms with E-state index in [4.69, 9.17) is 0 Å². The van der Waals surface area contributed by atoms with Gasteiger partial charge in [0.2, 0.25) is 0 Å². The van der Waals surface area contributed by atoms with Gasteiger partial charge in [0.25, 0.3) is 0 Å². The van der Waals surface area contributed by atoms with Gasteiger partial charge < -0.3 is 5.32 Å². The molecular weight excluding hydrogens is 274 g/mol. The zero-order valence-corrected chi connectivity index (χ0v) is 13.4. The SMILES string of the molecule is CCNC(c1ccn(C)n1)C1CCCC(S(C)(=O)=O)C1. The van der Waals surface area contributed by atoms with E-state index in [0.717, 1.165) is 37.9 Å². The Hall–Kier alpha value is -0.880. The minimum Gasteiger partial charge on any atom is -0.309 e. The molecule has 1 fully saturated rings. The summed E-state index contributed by atoms with van der Waals surface area (Å²) in [6.45, 7) is 2.94. The highest BCUT2D eigenvalue weighted by Crippen LogP contribution is 2.36. The molecule has 0 saturated heterocycles. The predicted octanol–water partition coefficient (Wildman–Crippen LogP) is 1.67. The molecule has 1 aromatic heterocycles. The van der Waals surface area contributed by atoms with Crippen molar-refractivity contribution in [3.63, 3.8) is 0 Å². The topological polar surface area (TPSA) is 64.0 Å². The summed E-state index contributed by atoms with van der Waals surface area (Å²) in [5, 5.41) is 7.79. The first kappa shape index (κ1) is 15.5. The van der Waals surface area contributed by atoms with Crippen molar-refractivity contribution in [1.82, 2.24) is 15.1 Å². The Balaban J connectivity index is 2.17. The van der Waals surface area contributed by atoms with Gasteiger partial charge in [-0.05, 0) is 37.8 Å². The van der Waals surface area contributed by atoms with E-state index in [1.54, 1.807) is 4.68 Å². The Morgan fingerprint density at radius 1 is 1.50 bits per heavy atom. The fraction of sp³-hybridized carbons (Fsp3) is 0.786. The van der Waals surface area contributed by atoms with Gasteiger partial charge in [-0.25, -0.2) is 8.42 Å². The van der Waals surface area contributed by atoms with Crippen LogP contribution in [0.4, 0.5) is 0 Å². The summed E-state index contributed by atoms with van der Waals surface area (Å²) < 4.78 is 25.4. The molecule has 0 aliphatic heterocycles. The van der Waals surface area contributed by atoms with E-state index < -0.39 is 9.84 Å². The third-order valence-corrected chi connectivity index (χ3v) is 5.86. The van der Waals surface area contributed by atoms with Crippen molar-refractivity contribution in [2.75, 3.05) is 12.8 Å². The molecule has 5 nitrogen and oxygen atoms in total. The normalized spacial score (nSPS) is 25.6. The lowest BCUT2D eigenvalue weighted by atomic mass is 9.82. The Morgan fingerprint density at radius 2 is 2.25 bits per heavy atom. The number of rotatable bonds is 5. The van der Waals surface area contributed by atoms with Crippen LogP contribution in [-0.4, -0.2) is 36.2 Å². The van der Waals surface area contributed by atoms with Crippen molar-refractivity contribution < 1.29 is 8.42 Å². The average Bonchev–Trinajstić information content (AvgIpc) is 2.81. The zero-order chi connectivity index (χ0) is 14.8. The minimum absolute atomic E-state index is 0.158. The van der Waals surface area contributed by atoms with Crippen LogP contribution in [0.15, 0.2) is 12.3 Å². The molecule has 3 atom stereocenters. The number of nitrogens with zero attached hydrogens (tertiary/aromatic N) is 2. The fourth-order valence-corrected chi connectivity index (χ4v) is 4.40. The summed E-state index contributed by atoms with van der Waals surface area (Å²) in [5.74, 6) is 0.346. The molecule has 0 amide bonds. The largest absolute Gasteiger partial charge is 0.309 e. The molecule has 3 unspecified atom stereocenters. The molecule has 1 aliphatic rings. The van der Waals surface area contributed by atoms with E-state index in [0.29, 0.717) is 5.92 Å². The predicted molar refractivity (Wildman–Crippen MR) is 80.2 cm³/mol. The average molecular weight is 299 g/mol. The molecule has 1 saturated carbocycles. The molecule has 0 spiro atoms. The van der Waals surface area contributed by atoms with Gasteiger partial charge in [0.1, 0.15) is 9.84 Å². The smallest absolute Gasteiger partial charge is 0.150 e. The molecule has 20 heavy (non-hydrogen) atoms. The second-order valence-electron chi connectivity index (χ2n) is 5.83. The molecule has 1 aliphatic carbocycles. The maximum atomic E-state index is 11.8. The van der Waals surface area contributed by atoms with E-state index >= 15 is 0 Å². The summed E-state index contributed by atoms with van der Waals surface area (Å²) in [6.07, 6.45) is 6.90. The number of hydrogen-bond acceptors (Lipinski definition) is 4. The quantitative estimate of drug-likeness (QED) is 0.898. The molecule has 6 heteroatoms. The van der Waals surface area contributed by atoms with E-state index in [1.165, 1.54) is 6.26 Å². The summed E-state index contributed by atoms with van der Waals surface area (Å²) >= 11 is 0. The third kappa shape index (κ3) is 3.61. The van der Waals surface area contributed by atoms with E-state index in [9.17, 15) is 8.42 Å². The van der Waals surface area contributed by atoms with Crippen LogP contribution in [0.3, 0.4) is 0 Å². The highest BCUT2D eigenvalue weighted by Gasteiger charge is 2.34. The highest BCUT2D eigenvalue weighted by atomic mass is 32.2. The molecule has 0 aromatic carbocycles. The van der Waals surface area contributed by atoms with Crippen LogP contribution >= 0.6 is 0 Å². The van der Waals surface area contributed by atoms with Gasteiger partial charge in [0, 0.05) is 19.5 Å². The molecule has 2 rings (SSSR count). The molecule has 0 radical (unpaired) electrons. The molecular formula is C14H25N3O2S. The number of hydrogen-bond donors (Lipinski definition) is 1. The van der Waals surface area contributed by atoms with Crippen LogP contribution in [-0.2, 0) is 16.9 Å². The molecule has 1 N–H and O–H groups in total. The van der Waals surface area contributed by atoms with Crippen LogP contribution in [0.2, 0.25) is 0 Å². The van der Waals surface area contributed by atoms with Crippen LogP contribution in [0.5, 0.6) is 0 Å². The van der Waals surface area contributed by atoms with Crippen LogP contribution in [0.25, 0.3) is 0 Å². The first-order valence-electron chi connectivity index (χ1n) is 7.33. The summed E-state index contributed by atoms with van der Waals surface area (Å²) in [4.78, 5) is 0. The lowest BCUT2D eigenvalue weighted by Gasteiger charge is -2.33. The number of aryl methyl sites for hydroxylation is 1. The van der Waals surface area contributed by atoms with Crippen molar-refractivity contribution >= 4 is 9.84 Å². The van der Waals surface area contributed by atoms with Crippen LogP contribution in [0, 0.1) is 5.92 Å². The lowest BCUT2D eigenvalue weighted by molar-refractivity contribution is 0.271. The van der Waals surface area contributed by atoms with Gasteiger partial charge in [-0.3, -0.25) is 4.68 Å². The molecule has 1 heterocycles. The number of aromatic nitrogens is 2. The van der Waals surface area contributed by atoms with Gasteiger partial charge in [-0.2, -0.15) is 5.10 Å². The lowest BCUT2D eigenvalue weighted by Crippen LogP contribution is -2.35. The molecule has 1 aromatic rings. The van der Waals surface area contributed by atoms with Gasteiger partial charge in [-0.1, -0.05) is 13.3 Å². The standard InChI is InChI=1S/C14H25N3O2S/c1-4-15-14(13-8-9-17(2)16-13)11-6-5-7-12(10-11)20(3,18)19/h8-9,11-12,14-15H,4-7,10H2,1-3H3. The highest BCUT2D eigenvalue weighted by molar-refractivity contribution is 7.91. The monoisotopic (exact) mass is 299 g/mol. The van der Waals surface area contributed by atoms with Crippen molar-refractivity contribution in [3.05, 3.63) is 18.0 Å². The van der Waals surface area contributed by atoms with Crippen molar-refractivity contribution in [2.45, 2.75) is 43.9 Å². The van der Waals surface area contributed by atoms with E-state index in [2.05, 4.69) is 17.3 Å². The van der Waals surface area contributed by atoms with Crippen molar-refractivity contribution in [2.24, 2.45) is 13.0 Å². The Kier molecular flexibility index (Phi) is 4.86. The minimum atomic E-state index is -2.94. The Labute approximate surface area is 121 Å². The van der Waals surface area contributed by atoms with Gasteiger partial charge >= 0.3 is 0 Å². The van der Waals surface area contributed by atoms with Gasteiger partial charge in [0.05, 0.1) is 17.0 Å². The molecule has 114 valence electrons. The number of nitrogens with one attached hydrogen (secondary N) is 1. The Bertz CT molecular complexity index is 538. The summed E-state index contributed by atoms with van der Waals surface area (Å²) in [5.41, 5.74) is 1.02. The maximum Gasteiger partial charge on any atom is 0.150 e. The van der Waals surface area contributed by atoms with Gasteiger partial charge in [0.15, 0.2) is 0 Å². The fourth-order valence-electron chi connectivity index (χ4n) is 3.20. The zero-order valence-electron chi connectivity index (χ0n) is 12.5. The number of sulfone groups is 1. The van der Waals surface area contributed by atoms with Crippen molar-refractivity contribution in [3.8, 4) is 0 Å². The maximum absolute atomic E-state index is 11.8. The van der Waals surface area contributed by atoms with Crippen molar-refractivity contribution in [1.29, 1.82) is 0 Å². The summed E-state index contributed by atoms with van der Waals surface area (Å²) in [7, 11) is -1.03. The van der Waals surface area contributed by atoms with Crippen LogP contribution < -0.4 is 5.32 Å². The second kappa shape index (κ2) is 6.26. The van der Waals surface area contributed by atoms with Crippen LogP contribution in [0.1, 0.15) is 44.3 Å². The van der Waals surface area contributed by atoms with Gasteiger partial charge in [-0.15, -0.1) is 0 Å².